The van der Waals surface area contributed by atoms with E-state index < -0.39 is 0 Å². The van der Waals surface area contributed by atoms with Gasteiger partial charge in [-0.2, -0.15) is 0 Å². The lowest BCUT2D eigenvalue weighted by atomic mass is 9.81. The zero-order chi connectivity index (χ0) is 30.2. The molecule has 0 aromatic heterocycles. The Labute approximate surface area is 260 Å². The summed E-state index contributed by atoms with van der Waals surface area (Å²) in [4.78, 5) is 19.0. The smallest absolute Gasteiger partial charge is 0.224 e. The topological polar surface area (TPSA) is 41.9 Å². The molecule has 1 atom stereocenters. The van der Waals surface area contributed by atoms with E-state index in [1.54, 1.807) is 11.8 Å². The fourth-order valence-corrected chi connectivity index (χ4v) is 6.02. The third-order valence-electron chi connectivity index (χ3n) is 8.15. The van der Waals surface area contributed by atoms with Gasteiger partial charge >= 0.3 is 0 Å². The lowest BCUT2D eigenvalue weighted by Gasteiger charge is -2.28. The standard InChI is InChI=1S/C37H53ClN2O2/c1-5-6-7-8-9-10-11-12-13-14-15-16-23-42-36-24-33(19-22-35(36)38)28-40(31(3)41)34-20-17-32(18-21-34)26-37(4)25-30(2)27-39-29-37/h17-22,24-25,27H,5-16,23,26,28-29H2,1-4H3. The molecule has 42 heavy (non-hydrogen) atoms. The van der Waals surface area contributed by atoms with Gasteiger partial charge < -0.3 is 9.64 Å². The van der Waals surface area contributed by atoms with Crippen LogP contribution in [0.2, 0.25) is 5.02 Å². The summed E-state index contributed by atoms with van der Waals surface area (Å²) in [5, 5.41) is 0.612. The second-order valence-electron chi connectivity index (χ2n) is 12.5. The van der Waals surface area contributed by atoms with Crippen molar-refractivity contribution in [3.63, 3.8) is 0 Å². The van der Waals surface area contributed by atoms with Crippen molar-refractivity contribution in [2.75, 3.05) is 18.1 Å². The molecule has 4 nitrogen and oxygen atoms in total. The molecule has 1 unspecified atom stereocenters. The summed E-state index contributed by atoms with van der Waals surface area (Å²) < 4.78 is 6.07. The summed E-state index contributed by atoms with van der Waals surface area (Å²) in [6.07, 6.45) is 21.0. The number of benzene rings is 2. The normalized spacial score (nSPS) is 16.4. The van der Waals surface area contributed by atoms with Crippen LogP contribution in [0, 0.1) is 5.41 Å². The maximum Gasteiger partial charge on any atom is 0.224 e. The first kappa shape index (κ1) is 33.9. The Kier molecular flexibility index (Phi) is 14.7. The van der Waals surface area contributed by atoms with Gasteiger partial charge in [0.25, 0.3) is 0 Å². The van der Waals surface area contributed by atoms with Gasteiger partial charge in [-0.1, -0.05) is 120 Å². The van der Waals surface area contributed by atoms with Crippen LogP contribution in [0.25, 0.3) is 0 Å². The van der Waals surface area contributed by atoms with Crippen LogP contribution >= 0.6 is 11.6 Å². The number of dihydropyridines is 1. The van der Waals surface area contributed by atoms with Gasteiger partial charge in [-0.25, -0.2) is 0 Å². The number of allylic oxidation sites excluding steroid dienone is 1. The summed E-state index contributed by atoms with van der Waals surface area (Å²) in [7, 11) is 0. The Hall–Kier alpha value is -2.59. The van der Waals surface area contributed by atoms with Crippen LogP contribution in [-0.2, 0) is 17.8 Å². The minimum Gasteiger partial charge on any atom is -0.492 e. The summed E-state index contributed by atoms with van der Waals surface area (Å²) >= 11 is 6.46. The Morgan fingerprint density at radius 1 is 0.905 bits per heavy atom. The minimum atomic E-state index is 0.00352. The van der Waals surface area contributed by atoms with Crippen molar-refractivity contribution in [1.29, 1.82) is 0 Å². The van der Waals surface area contributed by atoms with E-state index in [9.17, 15) is 4.79 Å². The second-order valence-corrected chi connectivity index (χ2v) is 12.9. The highest BCUT2D eigenvalue weighted by Gasteiger charge is 2.24. The Bertz CT molecular complexity index is 1160. The monoisotopic (exact) mass is 592 g/mol. The Morgan fingerprint density at radius 2 is 1.50 bits per heavy atom. The lowest BCUT2D eigenvalue weighted by Crippen LogP contribution is -2.28. The number of anilines is 1. The summed E-state index contributed by atoms with van der Waals surface area (Å²) in [5.74, 6) is 0.701. The first-order chi connectivity index (χ1) is 20.3. The second kappa shape index (κ2) is 18.2. The molecular formula is C37H53ClN2O2. The van der Waals surface area contributed by atoms with Crippen molar-refractivity contribution in [3.8, 4) is 5.75 Å². The van der Waals surface area contributed by atoms with Crippen molar-refractivity contribution in [2.24, 2.45) is 10.4 Å². The summed E-state index contributed by atoms with van der Waals surface area (Å²) in [5.41, 5.74) is 4.36. The fourth-order valence-electron chi connectivity index (χ4n) is 5.85. The van der Waals surface area contributed by atoms with Crippen LogP contribution in [0.15, 0.2) is 59.1 Å². The molecule has 2 aromatic rings. The molecule has 0 bridgehead atoms. The van der Waals surface area contributed by atoms with Crippen molar-refractivity contribution < 1.29 is 9.53 Å². The van der Waals surface area contributed by atoms with Gasteiger partial charge in [-0.15, -0.1) is 0 Å². The average Bonchev–Trinajstić information content (AvgIpc) is 2.95. The van der Waals surface area contributed by atoms with Crippen LogP contribution in [0.3, 0.4) is 0 Å². The number of rotatable bonds is 19. The number of ether oxygens (including phenoxy) is 1. The van der Waals surface area contributed by atoms with E-state index in [1.807, 2.05) is 36.5 Å². The molecule has 0 saturated carbocycles. The van der Waals surface area contributed by atoms with E-state index in [1.165, 1.54) is 81.8 Å². The Morgan fingerprint density at radius 3 is 2.10 bits per heavy atom. The van der Waals surface area contributed by atoms with Crippen molar-refractivity contribution in [2.45, 2.75) is 118 Å². The molecule has 1 aliphatic rings. The number of halogens is 1. The molecule has 2 aromatic carbocycles. The Balaban J connectivity index is 1.43. The average molecular weight is 593 g/mol. The zero-order valence-corrected chi connectivity index (χ0v) is 27.4. The number of nitrogens with zero attached hydrogens (tertiary/aromatic N) is 2. The minimum absolute atomic E-state index is 0.00352. The molecule has 0 fully saturated rings. The molecular weight excluding hydrogens is 540 g/mol. The highest BCUT2D eigenvalue weighted by molar-refractivity contribution is 6.32. The number of hydrogen-bond acceptors (Lipinski definition) is 3. The van der Waals surface area contributed by atoms with E-state index in [2.05, 4.69) is 44.0 Å². The number of hydrogen-bond donors (Lipinski definition) is 0. The molecule has 1 heterocycles. The van der Waals surface area contributed by atoms with Crippen LogP contribution in [0.1, 0.15) is 116 Å². The predicted molar refractivity (Wildman–Crippen MR) is 180 cm³/mol. The molecule has 230 valence electrons. The molecule has 0 aliphatic carbocycles. The van der Waals surface area contributed by atoms with Crippen molar-refractivity contribution >= 4 is 29.4 Å². The van der Waals surface area contributed by atoms with Gasteiger partial charge in [-0.05, 0) is 60.7 Å². The molecule has 1 aliphatic heterocycles. The third-order valence-corrected chi connectivity index (χ3v) is 8.46. The number of amides is 1. The molecule has 1 amide bonds. The van der Waals surface area contributed by atoms with Crippen molar-refractivity contribution in [3.05, 3.63) is 70.3 Å². The highest BCUT2D eigenvalue weighted by atomic mass is 35.5. The quantitative estimate of drug-likeness (QED) is 0.152. The van der Waals surface area contributed by atoms with Crippen LogP contribution in [0.5, 0.6) is 5.75 Å². The van der Waals surface area contributed by atoms with Gasteiger partial charge in [0.2, 0.25) is 5.91 Å². The molecule has 3 rings (SSSR count). The zero-order valence-electron chi connectivity index (χ0n) is 26.6. The van der Waals surface area contributed by atoms with Crippen LogP contribution in [-0.4, -0.2) is 25.3 Å². The van der Waals surface area contributed by atoms with Crippen molar-refractivity contribution in [1.82, 2.24) is 0 Å². The fraction of sp³-hybridized carbons (Fsp3) is 0.568. The van der Waals surface area contributed by atoms with Gasteiger partial charge in [0.05, 0.1) is 18.2 Å². The summed E-state index contributed by atoms with van der Waals surface area (Å²) in [6.45, 7) is 10.2. The molecule has 0 spiro atoms. The van der Waals surface area contributed by atoms with Gasteiger partial charge in [-0.3, -0.25) is 9.79 Å². The van der Waals surface area contributed by atoms with E-state index in [0.717, 1.165) is 30.6 Å². The first-order valence-corrected chi connectivity index (χ1v) is 16.6. The molecule has 0 radical (unpaired) electrons. The van der Waals surface area contributed by atoms with Crippen LogP contribution < -0.4 is 9.64 Å². The van der Waals surface area contributed by atoms with Gasteiger partial charge in [0.1, 0.15) is 5.75 Å². The maximum atomic E-state index is 12.6. The van der Waals surface area contributed by atoms with E-state index in [4.69, 9.17) is 16.3 Å². The van der Waals surface area contributed by atoms with E-state index >= 15 is 0 Å². The third kappa shape index (κ3) is 12.0. The number of unbranched alkanes of at least 4 members (excludes halogenated alkanes) is 11. The van der Waals surface area contributed by atoms with E-state index in [0.29, 0.717) is 23.9 Å². The predicted octanol–water partition coefficient (Wildman–Crippen LogP) is 10.6. The number of carbonyl (C=O) groups excluding carboxylic acids is 1. The first-order valence-electron chi connectivity index (χ1n) is 16.3. The highest BCUT2D eigenvalue weighted by Crippen LogP contribution is 2.31. The number of carbonyl (C=O) groups is 1. The van der Waals surface area contributed by atoms with Crippen LogP contribution in [0.4, 0.5) is 5.69 Å². The summed E-state index contributed by atoms with van der Waals surface area (Å²) in [6, 6.07) is 14.2. The van der Waals surface area contributed by atoms with Gasteiger partial charge in [0.15, 0.2) is 0 Å². The SMILES string of the molecule is CCCCCCCCCCCCCCOc1cc(CN(C(C)=O)c2ccc(CC3(C)C=C(C)C=NC3)cc2)ccc1Cl. The van der Waals surface area contributed by atoms with Gasteiger partial charge in [0, 0.05) is 30.8 Å². The number of aliphatic imine (C=N–C) groups is 1. The maximum absolute atomic E-state index is 12.6. The largest absolute Gasteiger partial charge is 0.492 e. The molecule has 0 saturated heterocycles. The lowest BCUT2D eigenvalue weighted by molar-refractivity contribution is -0.116. The molecule has 0 N–H and O–H groups in total. The molecule has 5 heteroatoms. The van der Waals surface area contributed by atoms with E-state index in [-0.39, 0.29) is 11.3 Å².